The summed E-state index contributed by atoms with van der Waals surface area (Å²) in [6.07, 6.45) is 5.63. The monoisotopic (exact) mass is 337 g/mol. The summed E-state index contributed by atoms with van der Waals surface area (Å²) in [6, 6.07) is 7.18. The van der Waals surface area contributed by atoms with Crippen molar-refractivity contribution in [3.05, 3.63) is 47.9 Å². The second-order valence-corrected chi connectivity index (χ2v) is 6.72. The highest BCUT2D eigenvalue weighted by Crippen LogP contribution is 2.33. The second kappa shape index (κ2) is 6.35. The maximum atomic E-state index is 5.20. The highest BCUT2D eigenvalue weighted by Gasteiger charge is 2.22. The molecule has 0 spiro atoms. The van der Waals surface area contributed by atoms with E-state index in [0.717, 1.165) is 30.8 Å². The molecule has 0 unspecified atom stereocenters. The summed E-state index contributed by atoms with van der Waals surface area (Å²) in [5, 5.41) is 4.04. The van der Waals surface area contributed by atoms with Crippen LogP contribution in [-0.2, 0) is 19.4 Å². The van der Waals surface area contributed by atoms with Crippen LogP contribution < -0.4 is 4.90 Å². The van der Waals surface area contributed by atoms with E-state index < -0.39 is 0 Å². The molecular weight excluding hydrogens is 314 g/mol. The molecule has 1 aliphatic heterocycles. The minimum absolute atomic E-state index is 0.528. The van der Waals surface area contributed by atoms with Crippen molar-refractivity contribution >= 4 is 5.69 Å². The number of hydrogen-bond acceptors (Lipinski definition) is 5. The molecular formula is C19H23N5O. The molecule has 3 aromatic rings. The molecule has 0 aliphatic carbocycles. The van der Waals surface area contributed by atoms with Crippen LogP contribution in [0.25, 0.3) is 11.4 Å². The van der Waals surface area contributed by atoms with Gasteiger partial charge in [-0.15, -0.1) is 0 Å². The summed E-state index contributed by atoms with van der Waals surface area (Å²) in [4.78, 5) is 11.4. The van der Waals surface area contributed by atoms with Crippen LogP contribution >= 0.6 is 0 Å². The van der Waals surface area contributed by atoms with E-state index >= 15 is 0 Å². The fourth-order valence-electron chi connectivity index (χ4n) is 3.45. The Labute approximate surface area is 147 Å². The second-order valence-electron chi connectivity index (χ2n) is 6.72. The van der Waals surface area contributed by atoms with Gasteiger partial charge in [0.05, 0.1) is 6.54 Å². The molecule has 0 fully saturated rings. The molecule has 0 amide bonds. The third-order valence-electron chi connectivity index (χ3n) is 4.73. The average molecular weight is 337 g/mol. The van der Waals surface area contributed by atoms with Gasteiger partial charge >= 0.3 is 0 Å². The molecule has 4 rings (SSSR count). The van der Waals surface area contributed by atoms with E-state index in [1.807, 2.05) is 19.3 Å². The summed E-state index contributed by atoms with van der Waals surface area (Å²) >= 11 is 0. The molecule has 3 heterocycles. The van der Waals surface area contributed by atoms with Gasteiger partial charge < -0.3 is 14.0 Å². The molecule has 6 nitrogen and oxygen atoms in total. The normalized spacial score (nSPS) is 13.7. The number of fused-ring (bicyclic) bond motifs is 1. The lowest BCUT2D eigenvalue weighted by Gasteiger charge is -2.24. The van der Waals surface area contributed by atoms with E-state index in [-0.39, 0.29) is 0 Å². The topological polar surface area (TPSA) is 60.0 Å². The number of aromatic nitrogens is 4. The predicted octanol–water partition coefficient (Wildman–Crippen LogP) is 3.31. The van der Waals surface area contributed by atoms with Crippen molar-refractivity contribution in [2.45, 2.75) is 46.2 Å². The Balaban J connectivity index is 1.62. The van der Waals surface area contributed by atoms with Gasteiger partial charge in [0.15, 0.2) is 5.82 Å². The predicted molar refractivity (Wildman–Crippen MR) is 96.6 cm³/mol. The molecule has 25 heavy (non-hydrogen) atoms. The number of anilines is 1. The highest BCUT2D eigenvalue weighted by atomic mass is 16.5. The van der Waals surface area contributed by atoms with Gasteiger partial charge in [0.25, 0.3) is 0 Å². The number of aryl methyl sites for hydroxylation is 1. The Morgan fingerprint density at radius 3 is 2.92 bits per heavy atom. The van der Waals surface area contributed by atoms with Gasteiger partial charge in [0.2, 0.25) is 5.89 Å². The molecule has 0 radical (unpaired) electrons. The molecule has 0 N–H and O–H groups in total. The maximum Gasteiger partial charge on any atom is 0.226 e. The zero-order valence-corrected chi connectivity index (χ0v) is 14.9. The number of nitrogens with zero attached hydrogens (tertiary/aromatic N) is 5. The minimum atomic E-state index is 0.528. The van der Waals surface area contributed by atoms with E-state index in [9.17, 15) is 0 Å². The smallest absolute Gasteiger partial charge is 0.226 e. The van der Waals surface area contributed by atoms with Gasteiger partial charge in [-0.2, -0.15) is 4.98 Å². The van der Waals surface area contributed by atoms with Crippen molar-refractivity contribution in [2.75, 3.05) is 11.4 Å². The Hall–Kier alpha value is -2.63. The zero-order valence-electron chi connectivity index (χ0n) is 14.9. The first kappa shape index (κ1) is 15.9. The molecule has 130 valence electrons. The van der Waals surface area contributed by atoms with Crippen molar-refractivity contribution in [1.29, 1.82) is 0 Å². The number of benzene rings is 1. The van der Waals surface area contributed by atoms with Crippen LogP contribution in [0.4, 0.5) is 5.69 Å². The van der Waals surface area contributed by atoms with Gasteiger partial charge in [-0.05, 0) is 44.0 Å². The first-order chi connectivity index (χ1) is 12.2. The Morgan fingerprint density at radius 1 is 1.28 bits per heavy atom. The van der Waals surface area contributed by atoms with Crippen LogP contribution in [0.3, 0.4) is 0 Å². The first-order valence-corrected chi connectivity index (χ1v) is 8.88. The van der Waals surface area contributed by atoms with Gasteiger partial charge in [-0.1, -0.05) is 12.1 Å². The van der Waals surface area contributed by atoms with Gasteiger partial charge in [-0.3, -0.25) is 0 Å². The highest BCUT2D eigenvalue weighted by molar-refractivity contribution is 5.67. The Kier molecular flexibility index (Phi) is 4.03. The van der Waals surface area contributed by atoms with Crippen LogP contribution in [0, 0.1) is 0 Å². The summed E-state index contributed by atoms with van der Waals surface area (Å²) < 4.78 is 7.27. The summed E-state index contributed by atoms with van der Waals surface area (Å²) in [6.45, 7) is 8.14. The zero-order chi connectivity index (χ0) is 17.4. The molecule has 0 bridgehead atoms. The van der Waals surface area contributed by atoms with E-state index in [0.29, 0.717) is 24.3 Å². The van der Waals surface area contributed by atoms with Crippen molar-refractivity contribution in [2.24, 2.45) is 0 Å². The van der Waals surface area contributed by atoms with Crippen molar-refractivity contribution in [3.63, 3.8) is 0 Å². The summed E-state index contributed by atoms with van der Waals surface area (Å²) in [7, 11) is 0. The molecule has 6 heteroatoms. The average Bonchev–Trinajstić information content (AvgIpc) is 3.33. The molecule has 1 aromatic carbocycles. The largest absolute Gasteiger partial charge is 0.369 e. The third kappa shape index (κ3) is 2.92. The fraction of sp³-hybridized carbons (Fsp3) is 0.421. The first-order valence-electron chi connectivity index (χ1n) is 8.88. The summed E-state index contributed by atoms with van der Waals surface area (Å²) in [5.41, 5.74) is 3.88. The molecule has 0 saturated heterocycles. The van der Waals surface area contributed by atoms with Gasteiger partial charge in [0.1, 0.15) is 5.82 Å². The fourth-order valence-corrected chi connectivity index (χ4v) is 3.45. The van der Waals surface area contributed by atoms with Gasteiger partial charge in [0, 0.05) is 42.7 Å². The van der Waals surface area contributed by atoms with Crippen LogP contribution in [0.1, 0.15) is 38.0 Å². The van der Waals surface area contributed by atoms with E-state index in [1.165, 1.54) is 11.3 Å². The Bertz CT molecular complexity index is 880. The van der Waals surface area contributed by atoms with Crippen molar-refractivity contribution in [1.82, 2.24) is 19.7 Å². The lowest BCUT2D eigenvalue weighted by Crippen LogP contribution is -2.28. The SMILES string of the molecule is CCc1nc(Cn2ccnc2-c2ccc3c(c2)CCN3C(C)C)no1. The quantitative estimate of drug-likeness (QED) is 0.715. The van der Waals surface area contributed by atoms with Crippen LogP contribution in [0.2, 0.25) is 0 Å². The number of rotatable bonds is 5. The molecule has 2 aromatic heterocycles. The number of hydrogen-bond donors (Lipinski definition) is 0. The lowest BCUT2D eigenvalue weighted by molar-refractivity contribution is 0.375. The third-order valence-corrected chi connectivity index (χ3v) is 4.73. The maximum absolute atomic E-state index is 5.20. The van der Waals surface area contributed by atoms with Crippen LogP contribution in [0.15, 0.2) is 35.1 Å². The van der Waals surface area contributed by atoms with Crippen molar-refractivity contribution < 1.29 is 4.52 Å². The number of imidazole rings is 1. The van der Waals surface area contributed by atoms with Crippen LogP contribution in [0.5, 0.6) is 0 Å². The van der Waals surface area contributed by atoms with E-state index in [2.05, 4.69) is 56.6 Å². The molecule has 0 atom stereocenters. The molecule has 1 aliphatic rings. The summed E-state index contributed by atoms with van der Waals surface area (Å²) in [5.74, 6) is 2.29. The standard InChI is InChI=1S/C19H23N5O/c1-4-18-21-17(22-25-18)12-23-10-8-20-19(23)15-5-6-16-14(11-15)7-9-24(16)13(2)3/h5-6,8,10-11,13H,4,7,9,12H2,1-3H3. The minimum Gasteiger partial charge on any atom is -0.369 e. The van der Waals surface area contributed by atoms with E-state index in [4.69, 9.17) is 4.52 Å². The Morgan fingerprint density at radius 2 is 2.16 bits per heavy atom. The van der Waals surface area contributed by atoms with E-state index in [1.54, 1.807) is 0 Å². The lowest BCUT2D eigenvalue weighted by atomic mass is 10.1. The molecule has 0 saturated carbocycles. The van der Waals surface area contributed by atoms with Crippen LogP contribution in [-0.4, -0.2) is 32.3 Å². The van der Waals surface area contributed by atoms with Crippen molar-refractivity contribution in [3.8, 4) is 11.4 Å². The van der Waals surface area contributed by atoms with Gasteiger partial charge in [-0.25, -0.2) is 4.98 Å².